The summed E-state index contributed by atoms with van der Waals surface area (Å²) in [5.74, 6) is 1.46. The quantitative estimate of drug-likeness (QED) is 0.318. The third-order valence-corrected chi connectivity index (χ3v) is 5.35. The van der Waals surface area contributed by atoms with Gasteiger partial charge in [0.15, 0.2) is 11.5 Å². The van der Waals surface area contributed by atoms with Crippen LogP contribution in [0.1, 0.15) is 5.56 Å². The predicted octanol–water partition coefficient (Wildman–Crippen LogP) is 4.31. The van der Waals surface area contributed by atoms with E-state index in [0.29, 0.717) is 57.7 Å². The Morgan fingerprint density at radius 3 is 2.50 bits per heavy atom. The molecule has 158 valence electrons. The van der Waals surface area contributed by atoms with Gasteiger partial charge in [0.05, 0.1) is 30.3 Å². The van der Waals surface area contributed by atoms with Crippen LogP contribution in [0.5, 0.6) is 17.2 Å². The third kappa shape index (κ3) is 6.37. The molecule has 0 saturated carbocycles. The molecule has 1 aliphatic heterocycles. The molecule has 0 spiro atoms. The molecule has 6 nitrogen and oxygen atoms in total. The fraction of sp³-hybridized carbons (Fsp3) is 0.238. The molecule has 0 radical (unpaired) electrons. The number of ether oxygens (including phenoxy) is 4. The fourth-order valence-electron chi connectivity index (χ4n) is 2.58. The number of hydrogen-bond acceptors (Lipinski definition) is 7. The minimum Gasteiger partial charge on any atom is -0.493 e. The van der Waals surface area contributed by atoms with Crippen LogP contribution in [0.2, 0.25) is 5.02 Å². The van der Waals surface area contributed by atoms with Gasteiger partial charge in [-0.25, -0.2) is 0 Å². The summed E-state index contributed by atoms with van der Waals surface area (Å²) in [4.78, 5) is 12.3. The second kappa shape index (κ2) is 11.2. The van der Waals surface area contributed by atoms with E-state index < -0.39 is 0 Å². The van der Waals surface area contributed by atoms with Crippen molar-refractivity contribution in [2.45, 2.75) is 0 Å². The van der Waals surface area contributed by atoms with Gasteiger partial charge in [0.2, 0.25) is 0 Å². The number of carbonyl (C=O) groups is 1. The molecular formula is C21H20ClNO5S2. The Kier molecular flexibility index (Phi) is 8.39. The zero-order valence-electron chi connectivity index (χ0n) is 16.2. The lowest BCUT2D eigenvalue weighted by Crippen LogP contribution is -2.17. The maximum atomic E-state index is 11.8. The number of nitrogens with one attached hydrogen (secondary N) is 1. The smallest absolute Gasteiger partial charge is 0.263 e. The Balaban J connectivity index is 1.49. The van der Waals surface area contributed by atoms with Crippen molar-refractivity contribution in [3.63, 3.8) is 0 Å². The lowest BCUT2D eigenvalue weighted by atomic mass is 10.2. The van der Waals surface area contributed by atoms with E-state index in [1.807, 2.05) is 30.3 Å². The molecule has 1 amide bonds. The van der Waals surface area contributed by atoms with Gasteiger partial charge in [0, 0.05) is 0 Å². The number of benzene rings is 2. The van der Waals surface area contributed by atoms with Crippen LogP contribution in [0.15, 0.2) is 47.4 Å². The number of hydrogen-bond donors (Lipinski definition) is 1. The second-order valence-corrected chi connectivity index (χ2v) is 8.13. The first-order valence-electron chi connectivity index (χ1n) is 9.07. The molecule has 0 atom stereocenters. The average Bonchev–Trinajstić information content (AvgIpc) is 3.05. The Bertz CT molecular complexity index is 936. The van der Waals surface area contributed by atoms with Gasteiger partial charge in [-0.05, 0) is 35.9 Å². The van der Waals surface area contributed by atoms with Crippen LogP contribution in [0.3, 0.4) is 0 Å². The third-order valence-electron chi connectivity index (χ3n) is 3.91. The normalized spacial score (nSPS) is 14.7. The zero-order chi connectivity index (χ0) is 21.3. The summed E-state index contributed by atoms with van der Waals surface area (Å²) in [7, 11) is 1.53. The van der Waals surface area contributed by atoms with Gasteiger partial charge >= 0.3 is 0 Å². The molecular weight excluding hydrogens is 446 g/mol. The number of thioether (sulfide) groups is 1. The lowest BCUT2D eigenvalue weighted by molar-refractivity contribution is -0.115. The van der Waals surface area contributed by atoms with E-state index in [2.05, 4.69) is 5.32 Å². The van der Waals surface area contributed by atoms with E-state index in [4.69, 9.17) is 42.8 Å². The average molecular weight is 466 g/mol. The molecule has 1 N–H and O–H groups in total. The summed E-state index contributed by atoms with van der Waals surface area (Å²) in [6.45, 7) is 1.57. The number of carbonyl (C=O) groups excluding carboxylic acids is 1. The van der Waals surface area contributed by atoms with Gasteiger partial charge in [-0.2, -0.15) is 0 Å². The molecule has 0 aromatic heterocycles. The molecule has 30 heavy (non-hydrogen) atoms. The SMILES string of the molecule is COc1cc(/C=C2/SC(=S)NC2=O)cc(Cl)c1OCCOCCOc1ccccc1. The van der Waals surface area contributed by atoms with Gasteiger partial charge < -0.3 is 24.3 Å². The first kappa shape index (κ1) is 22.4. The summed E-state index contributed by atoms with van der Waals surface area (Å²) in [6.07, 6.45) is 1.70. The van der Waals surface area contributed by atoms with Crippen molar-refractivity contribution in [2.75, 3.05) is 33.5 Å². The van der Waals surface area contributed by atoms with E-state index in [0.717, 1.165) is 5.75 Å². The highest BCUT2D eigenvalue weighted by molar-refractivity contribution is 8.26. The fourth-order valence-corrected chi connectivity index (χ4v) is 3.89. The van der Waals surface area contributed by atoms with Gasteiger partial charge in [-0.1, -0.05) is 53.8 Å². The van der Waals surface area contributed by atoms with E-state index in [1.54, 1.807) is 18.2 Å². The molecule has 0 aliphatic carbocycles. The van der Waals surface area contributed by atoms with E-state index >= 15 is 0 Å². The Hall–Kier alpha value is -2.26. The van der Waals surface area contributed by atoms with E-state index in [-0.39, 0.29) is 5.91 Å². The van der Waals surface area contributed by atoms with Crippen LogP contribution < -0.4 is 19.5 Å². The van der Waals surface area contributed by atoms with Crippen molar-refractivity contribution >= 4 is 51.9 Å². The maximum absolute atomic E-state index is 11.8. The van der Waals surface area contributed by atoms with Crippen molar-refractivity contribution in [2.24, 2.45) is 0 Å². The molecule has 0 bridgehead atoms. The highest BCUT2D eigenvalue weighted by Crippen LogP contribution is 2.38. The summed E-state index contributed by atoms with van der Waals surface area (Å²) >= 11 is 12.6. The molecule has 1 aliphatic rings. The van der Waals surface area contributed by atoms with Crippen LogP contribution in [0.25, 0.3) is 6.08 Å². The van der Waals surface area contributed by atoms with Gasteiger partial charge in [-0.15, -0.1) is 0 Å². The first-order valence-corrected chi connectivity index (χ1v) is 10.7. The highest BCUT2D eigenvalue weighted by Gasteiger charge is 2.22. The van der Waals surface area contributed by atoms with Crippen LogP contribution in [-0.4, -0.2) is 43.8 Å². The van der Waals surface area contributed by atoms with Crippen LogP contribution in [-0.2, 0) is 9.53 Å². The van der Waals surface area contributed by atoms with Gasteiger partial charge in [0.25, 0.3) is 5.91 Å². The largest absolute Gasteiger partial charge is 0.493 e. The monoisotopic (exact) mass is 465 g/mol. The number of para-hydroxylation sites is 1. The number of rotatable bonds is 10. The molecule has 3 rings (SSSR count). The minimum absolute atomic E-state index is 0.228. The predicted molar refractivity (Wildman–Crippen MR) is 123 cm³/mol. The van der Waals surface area contributed by atoms with Crippen LogP contribution in [0.4, 0.5) is 0 Å². The molecule has 2 aromatic carbocycles. The standard InChI is InChI=1S/C21H20ClNO5S2/c1-25-17-12-14(13-18-20(24)23-21(29)30-18)11-16(22)19(17)28-10-8-26-7-9-27-15-5-3-2-4-6-15/h2-6,11-13H,7-10H2,1H3,(H,23,24,29)/b18-13+. The Labute approximate surface area is 189 Å². The molecule has 1 fully saturated rings. The Morgan fingerprint density at radius 1 is 1.10 bits per heavy atom. The van der Waals surface area contributed by atoms with Crippen molar-refractivity contribution in [3.05, 3.63) is 58.0 Å². The Morgan fingerprint density at radius 2 is 1.83 bits per heavy atom. The van der Waals surface area contributed by atoms with Crippen molar-refractivity contribution in [3.8, 4) is 17.2 Å². The summed E-state index contributed by atoms with van der Waals surface area (Å²) in [5.41, 5.74) is 0.709. The van der Waals surface area contributed by atoms with Crippen molar-refractivity contribution in [1.82, 2.24) is 5.32 Å². The van der Waals surface area contributed by atoms with Crippen LogP contribution in [0, 0.1) is 0 Å². The number of amides is 1. The number of thiocarbonyl (C=S) groups is 1. The van der Waals surface area contributed by atoms with Gasteiger partial charge in [-0.3, -0.25) is 4.79 Å². The molecule has 0 unspecified atom stereocenters. The van der Waals surface area contributed by atoms with E-state index in [1.165, 1.54) is 18.9 Å². The second-order valence-electron chi connectivity index (χ2n) is 6.01. The van der Waals surface area contributed by atoms with Crippen molar-refractivity contribution in [1.29, 1.82) is 0 Å². The summed E-state index contributed by atoms with van der Waals surface area (Å²) in [6, 6.07) is 13.0. The van der Waals surface area contributed by atoms with Crippen molar-refractivity contribution < 1.29 is 23.7 Å². The zero-order valence-corrected chi connectivity index (χ0v) is 18.6. The topological polar surface area (TPSA) is 66.0 Å². The van der Waals surface area contributed by atoms with E-state index in [9.17, 15) is 4.79 Å². The first-order chi connectivity index (χ1) is 14.6. The lowest BCUT2D eigenvalue weighted by Gasteiger charge is -2.14. The number of halogens is 1. The summed E-state index contributed by atoms with van der Waals surface area (Å²) in [5, 5.41) is 2.95. The molecule has 9 heteroatoms. The molecule has 1 saturated heterocycles. The minimum atomic E-state index is -0.228. The maximum Gasteiger partial charge on any atom is 0.263 e. The highest BCUT2D eigenvalue weighted by atomic mass is 35.5. The molecule has 1 heterocycles. The molecule has 2 aromatic rings. The van der Waals surface area contributed by atoms with Crippen LogP contribution >= 0.6 is 35.6 Å². The summed E-state index contributed by atoms with van der Waals surface area (Å²) < 4.78 is 22.6. The van der Waals surface area contributed by atoms with Gasteiger partial charge in [0.1, 0.15) is 23.3 Å². The number of methoxy groups -OCH3 is 1.